The van der Waals surface area contributed by atoms with Gasteiger partial charge in [-0.15, -0.1) is 0 Å². The zero-order chi connectivity index (χ0) is 19.4. The molecule has 1 aromatic rings. The van der Waals surface area contributed by atoms with Crippen molar-refractivity contribution >= 4 is 11.9 Å². The van der Waals surface area contributed by atoms with Crippen molar-refractivity contribution in [3.63, 3.8) is 0 Å². The zero-order valence-corrected chi connectivity index (χ0v) is 16.5. The summed E-state index contributed by atoms with van der Waals surface area (Å²) in [4.78, 5) is 24.1. The Morgan fingerprint density at radius 2 is 1.65 bits per heavy atom. The molecule has 0 aromatic heterocycles. The number of ether oxygens (including phenoxy) is 2. The average molecular weight is 360 g/mol. The molecule has 0 bridgehead atoms. The number of carbonyl (C=O) groups excluding carboxylic acids is 2. The molecule has 4 nitrogen and oxygen atoms in total. The van der Waals surface area contributed by atoms with E-state index in [1.807, 2.05) is 6.92 Å². The molecule has 0 amide bonds. The molecule has 0 heterocycles. The largest absolute Gasteiger partial charge is 0.462 e. The van der Waals surface area contributed by atoms with Gasteiger partial charge in [0.15, 0.2) is 0 Å². The summed E-state index contributed by atoms with van der Waals surface area (Å²) in [7, 11) is 0. The molecular weight excluding hydrogens is 328 g/mol. The Bertz CT molecular complexity index is 600. The maximum Gasteiger partial charge on any atom is 0.338 e. The Labute approximate surface area is 157 Å². The van der Waals surface area contributed by atoms with Crippen molar-refractivity contribution in [2.75, 3.05) is 13.2 Å². The number of hydrogen-bond donors (Lipinski definition) is 0. The van der Waals surface area contributed by atoms with E-state index in [1.165, 1.54) is 11.6 Å². The van der Waals surface area contributed by atoms with Crippen LogP contribution in [0.1, 0.15) is 80.5 Å². The first-order valence-corrected chi connectivity index (χ1v) is 9.51. The summed E-state index contributed by atoms with van der Waals surface area (Å²) in [5, 5.41) is 0. The van der Waals surface area contributed by atoms with E-state index in [0.29, 0.717) is 30.3 Å². The van der Waals surface area contributed by atoms with E-state index in [4.69, 9.17) is 9.47 Å². The van der Waals surface area contributed by atoms with Gasteiger partial charge in [0.25, 0.3) is 0 Å². The van der Waals surface area contributed by atoms with Gasteiger partial charge in [0.05, 0.1) is 24.3 Å². The number of unbranched alkanes of at least 4 members (excludes halogenated alkanes) is 1. The maximum absolute atomic E-state index is 12.2. The molecule has 0 aliphatic rings. The number of benzene rings is 1. The molecule has 0 saturated heterocycles. The Kier molecular flexibility index (Phi) is 10.4. The van der Waals surface area contributed by atoms with Gasteiger partial charge in [0.1, 0.15) is 0 Å². The number of rotatable bonds is 11. The van der Waals surface area contributed by atoms with Crippen LogP contribution >= 0.6 is 0 Å². The summed E-state index contributed by atoms with van der Waals surface area (Å²) in [6, 6.07) is 6.52. The zero-order valence-electron chi connectivity index (χ0n) is 16.5. The first kappa shape index (κ1) is 21.9. The van der Waals surface area contributed by atoms with Crippen molar-refractivity contribution < 1.29 is 19.1 Å². The van der Waals surface area contributed by atoms with Crippen LogP contribution in [0.5, 0.6) is 0 Å². The van der Waals surface area contributed by atoms with Gasteiger partial charge in [-0.3, -0.25) is 0 Å². The van der Waals surface area contributed by atoms with Crippen LogP contribution in [0.3, 0.4) is 0 Å². The van der Waals surface area contributed by atoms with Crippen molar-refractivity contribution in [3.05, 3.63) is 47.0 Å². The molecule has 0 saturated carbocycles. The molecule has 1 atom stereocenters. The molecule has 0 N–H and O–H groups in total. The van der Waals surface area contributed by atoms with Crippen molar-refractivity contribution in [2.45, 2.75) is 59.8 Å². The van der Waals surface area contributed by atoms with Crippen molar-refractivity contribution in [1.82, 2.24) is 0 Å². The summed E-state index contributed by atoms with van der Waals surface area (Å²) in [6.07, 6.45) is 7.00. The summed E-state index contributed by atoms with van der Waals surface area (Å²) in [5.41, 5.74) is 2.09. The SMILES string of the molecule is CCCCOC(=O)c1cccc(C(=O)OCCC(C)CCC=C(C)C)c1. The van der Waals surface area contributed by atoms with Crippen LogP contribution in [-0.4, -0.2) is 25.2 Å². The highest BCUT2D eigenvalue weighted by atomic mass is 16.5. The highest BCUT2D eigenvalue weighted by Gasteiger charge is 2.13. The third-order valence-electron chi connectivity index (χ3n) is 4.12. The molecule has 1 aromatic carbocycles. The Morgan fingerprint density at radius 3 is 2.23 bits per heavy atom. The highest BCUT2D eigenvalue weighted by Crippen LogP contribution is 2.13. The Morgan fingerprint density at radius 1 is 1.04 bits per heavy atom. The van der Waals surface area contributed by atoms with Gasteiger partial charge in [-0.25, -0.2) is 9.59 Å². The van der Waals surface area contributed by atoms with Gasteiger partial charge in [-0.2, -0.15) is 0 Å². The molecule has 0 fully saturated rings. The third-order valence-corrected chi connectivity index (χ3v) is 4.12. The molecule has 144 valence electrons. The number of esters is 2. The minimum absolute atomic E-state index is 0.380. The molecule has 1 rings (SSSR count). The smallest absolute Gasteiger partial charge is 0.338 e. The van der Waals surface area contributed by atoms with Gasteiger partial charge < -0.3 is 9.47 Å². The van der Waals surface area contributed by atoms with Gasteiger partial charge in [0.2, 0.25) is 0 Å². The third kappa shape index (κ3) is 8.84. The van der Waals surface area contributed by atoms with Crippen LogP contribution in [0.15, 0.2) is 35.9 Å². The Balaban J connectivity index is 2.44. The predicted molar refractivity (Wildman–Crippen MR) is 104 cm³/mol. The average Bonchev–Trinajstić information content (AvgIpc) is 2.61. The number of carbonyl (C=O) groups is 2. The van der Waals surface area contributed by atoms with Crippen LogP contribution in [0, 0.1) is 5.92 Å². The predicted octanol–water partition coefficient (Wildman–Crippen LogP) is 5.57. The fraction of sp³-hybridized carbons (Fsp3) is 0.545. The molecule has 0 spiro atoms. The normalized spacial score (nSPS) is 11.5. The topological polar surface area (TPSA) is 52.6 Å². The molecule has 0 aliphatic heterocycles. The fourth-order valence-corrected chi connectivity index (χ4v) is 2.40. The molecule has 0 aliphatic carbocycles. The molecule has 0 radical (unpaired) electrons. The van der Waals surface area contributed by atoms with Crippen LogP contribution in [0.2, 0.25) is 0 Å². The second-order valence-electron chi connectivity index (χ2n) is 6.96. The lowest BCUT2D eigenvalue weighted by atomic mass is 10.0. The van der Waals surface area contributed by atoms with Crippen LogP contribution in [-0.2, 0) is 9.47 Å². The first-order valence-electron chi connectivity index (χ1n) is 9.51. The highest BCUT2D eigenvalue weighted by molar-refractivity contribution is 5.95. The van der Waals surface area contributed by atoms with Gasteiger partial charge in [-0.1, -0.05) is 38.0 Å². The second kappa shape index (κ2) is 12.3. The van der Waals surface area contributed by atoms with E-state index in [0.717, 1.165) is 32.1 Å². The van der Waals surface area contributed by atoms with Crippen LogP contribution in [0.25, 0.3) is 0 Å². The molecular formula is C22H32O4. The summed E-state index contributed by atoms with van der Waals surface area (Å²) in [6.45, 7) is 9.18. The number of hydrogen-bond acceptors (Lipinski definition) is 4. The monoisotopic (exact) mass is 360 g/mol. The van der Waals surface area contributed by atoms with Crippen LogP contribution in [0.4, 0.5) is 0 Å². The summed E-state index contributed by atoms with van der Waals surface area (Å²) >= 11 is 0. The molecule has 26 heavy (non-hydrogen) atoms. The minimum Gasteiger partial charge on any atom is -0.462 e. The fourth-order valence-electron chi connectivity index (χ4n) is 2.40. The van der Waals surface area contributed by atoms with E-state index < -0.39 is 11.9 Å². The lowest BCUT2D eigenvalue weighted by Gasteiger charge is -2.11. The maximum atomic E-state index is 12.2. The Hall–Kier alpha value is -2.10. The van der Waals surface area contributed by atoms with E-state index in [2.05, 4.69) is 26.8 Å². The first-order chi connectivity index (χ1) is 12.4. The summed E-state index contributed by atoms with van der Waals surface area (Å²) < 4.78 is 10.5. The number of allylic oxidation sites excluding steroid dienone is 2. The molecule has 1 unspecified atom stereocenters. The second-order valence-corrected chi connectivity index (χ2v) is 6.96. The lowest BCUT2D eigenvalue weighted by Crippen LogP contribution is -2.11. The van der Waals surface area contributed by atoms with Crippen molar-refractivity contribution in [1.29, 1.82) is 0 Å². The van der Waals surface area contributed by atoms with E-state index in [-0.39, 0.29) is 0 Å². The van der Waals surface area contributed by atoms with Gasteiger partial charge in [0, 0.05) is 0 Å². The molecule has 4 heteroatoms. The van der Waals surface area contributed by atoms with E-state index >= 15 is 0 Å². The standard InChI is InChI=1S/C22H32O4/c1-5-6-14-25-21(23)19-11-8-12-20(16-19)22(24)26-15-13-18(4)10-7-9-17(2)3/h8-9,11-12,16,18H,5-7,10,13-15H2,1-4H3. The van der Waals surface area contributed by atoms with E-state index in [1.54, 1.807) is 18.2 Å². The van der Waals surface area contributed by atoms with Crippen molar-refractivity contribution in [3.8, 4) is 0 Å². The minimum atomic E-state index is -0.402. The summed E-state index contributed by atoms with van der Waals surface area (Å²) in [5.74, 6) is -0.302. The quantitative estimate of drug-likeness (QED) is 0.294. The van der Waals surface area contributed by atoms with Gasteiger partial charge in [-0.05, 0) is 63.6 Å². The van der Waals surface area contributed by atoms with Gasteiger partial charge >= 0.3 is 11.9 Å². The lowest BCUT2D eigenvalue weighted by molar-refractivity contribution is 0.0484. The van der Waals surface area contributed by atoms with E-state index in [9.17, 15) is 9.59 Å². The van der Waals surface area contributed by atoms with Crippen molar-refractivity contribution in [2.24, 2.45) is 5.92 Å². The van der Waals surface area contributed by atoms with Crippen LogP contribution < -0.4 is 0 Å².